The first kappa shape index (κ1) is 14.3. The first-order valence-electron chi connectivity index (χ1n) is 6.83. The van der Waals surface area contributed by atoms with Crippen molar-refractivity contribution < 1.29 is 12.8 Å². The lowest BCUT2D eigenvalue weighted by atomic mass is 10.1. The van der Waals surface area contributed by atoms with Crippen LogP contribution in [-0.4, -0.2) is 19.8 Å². The fourth-order valence-electron chi connectivity index (χ4n) is 2.65. The van der Waals surface area contributed by atoms with E-state index in [1.807, 2.05) is 24.3 Å². The molecule has 112 valence electrons. The average Bonchev–Trinajstić information content (AvgIpc) is 3.03. The molecule has 5 nitrogen and oxygen atoms in total. The molecule has 0 spiro atoms. The van der Waals surface area contributed by atoms with Gasteiger partial charge in [-0.1, -0.05) is 24.3 Å². The third kappa shape index (κ3) is 2.50. The second kappa shape index (κ2) is 5.29. The number of rotatable bonds is 4. The maximum Gasteiger partial charge on any atom is 0.247 e. The van der Waals surface area contributed by atoms with E-state index in [1.54, 1.807) is 20.0 Å². The summed E-state index contributed by atoms with van der Waals surface area (Å²) in [6, 6.07) is 9.43. The first-order valence-corrected chi connectivity index (χ1v) is 8.27. The third-order valence-corrected chi connectivity index (χ3v) is 5.60. The number of nitrogens with zero attached hydrogens (tertiary/aromatic N) is 1. The summed E-state index contributed by atoms with van der Waals surface area (Å²) in [7, 11) is -1.73. The van der Waals surface area contributed by atoms with Crippen LogP contribution in [0.3, 0.4) is 0 Å². The lowest BCUT2D eigenvalue weighted by Crippen LogP contribution is -2.25. The molecule has 0 atom stereocenters. The van der Waals surface area contributed by atoms with E-state index in [4.69, 9.17) is 4.42 Å². The van der Waals surface area contributed by atoms with E-state index in [0.29, 0.717) is 31.2 Å². The molecule has 2 aromatic rings. The van der Waals surface area contributed by atoms with Crippen LogP contribution in [0.1, 0.15) is 22.6 Å². The number of nitrogens with one attached hydrogen (secondary N) is 1. The van der Waals surface area contributed by atoms with Gasteiger partial charge in [-0.05, 0) is 25.1 Å². The van der Waals surface area contributed by atoms with Crippen LogP contribution >= 0.6 is 0 Å². The predicted octanol–water partition coefficient (Wildman–Crippen LogP) is 2.01. The Kier molecular flexibility index (Phi) is 3.61. The first-order chi connectivity index (χ1) is 10.0. The normalized spacial score (nSPS) is 15.3. The van der Waals surface area contributed by atoms with Crippen LogP contribution in [0.25, 0.3) is 0 Å². The van der Waals surface area contributed by atoms with Gasteiger partial charge in [0, 0.05) is 19.2 Å². The Morgan fingerprint density at radius 2 is 1.86 bits per heavy atom. The summed E-state index contributed by atoms with van der Waals surface area (Å²) in [6.07, 6.45) is 0. The molecule has 0 saturated heterocycles. The van der Waals surface area contributed by atoms with Gasteiger partial charge in [0.05, 0.1) is 6.54 Å². The van der Waals surface area contributed by atoms with Crippen LogP contribution in [0.5, 0.6) is 0 Å². The van der Waals surface area contributed by atoms with Gasteiger partial charge in [-0.3, -0.25) is 0 Å². The highest BCUT2D eigenvalue weighted by atomic mass is 32.2. The summed E-state index contributed by atoms with van der Waals surface area (Å²) >= 11 is 0. The highest BCUT2D eigenvalue weighted by molar-refractivity contribution is 7.89. The van der Waals surface area contributed by atoms with Gasteiger partial charge in [0.25, 0.3) is 0 Å². The van der Waals surface area contributed by atoms with Crippen LogP contribution in [-0.2, 0) is 29.7 Å². The largest absolute Gasteiger partial charge is 0.464 e. The fourth-order valence-corrected chi connectivity index (χ4v) is 4.23. The third-order valence-electron chi connectivity index (χ3n) is 3.70. The number of hydrogen-bond acceptors (Lipinski definition) is 4. The molecule has 21 heavy (non-hydrogen) atoms. The number of furan rings is 1. The molecule has 0 bridgehead atoms. The average molecular weight is 306 g/mol. The maximum absolute atomic E-state index is 12.8. The monoisotopic (exact) mass is 306 g/mol. The number of fused-ring (bicyclic) bond motifs is 1. The van der Waals surface area contributed by atoms with Crippen molar-refractivity contribution in [2.45, 2.75) is 31.5 Å². The van der Waals surface area contributed by atoms with Gasteiger partial charge in [0.2, 0.25) is 10.0 Å². The Balaban J connectivity index is 1.92. The van der Waals surface area contributed by atoms with Crippen molar-refractivity contribution in [3.63, 3.8) is 0 Å². The maximum atomic E-state index is 12.8. The second-order valence-corrected chi connectivity index (χ2v) is 7.11. The molecule has 0 radical (unpaired) electrons. The molecule has 1 N–H and O–H groups in total. The van der Waals surface area contributed by atoms with E-state index in [-0.39, 0.29) is 4.90 Å². The van der Waals surface area contributed by atoms with Gasteiger partial charge in [-0.15, -0.1) is 0 Å². The number of sulfonamides is 1. The number of benzene rings is 1. The standard InChI is InChI=1S/C15H18N2O3S/c1-11-15(7-14(20-11)8-16-2)21(18,19)17-9-12-5-3-4-6-13(12)10-17/h3-7,16H,8-10H2,1-2H3. The Morgan fingerprint density at radius 1 is 1.24 bits per heavy atom. The molecule has 0 fully saturated rings. The molecule has 1 aromatic heterocycles. The quantitative estimate of drug-likeness (QED) is 0.938. The summed E-state index contributed by atoms with van der Waals surface area (Å²) in [4.78, 5) is 0.264. The summed E-state index contributed by atoms with van der Waals surface area (Å²) in [5, 5.41) is 2.96. The summed E-state index contributed by atoms with van der Waals surface area (Å²) in [5.74, 6) is 1.07. The van der Waals surface area contributed by atoms with Crippen LogP contribution in [0, 0.1) is 6.92 Å². The van der Waals surface area contributed by atoms with Gasteiger partial charge in [-0.2, -0.15) is 4.31 Å². The zero-order valence-electron chi connectivity index (χ0n) is 12.1. The van der Waals surface area contributed by atoms with Gasteiger partial charge in [0.15, 0.2) is 0 Å². The Labute approximate surface area is 124 Å². The number of hydrogen-bond donors (Lipinski definition) is 1. The van der Waals surface area contributed by atoms with Crippen molar-refractivity contribution >= 4 is 10.0 Å². The molecule has 3 rings (SSSR count). The van der Waals surface area contributed by atoms with Gasteiger partial charge in [0.1, 0.15) is 16.4 Å². The Bertz CT molecular complexity index is 740. The highest BCUT2D eigenvalue weighted by Gasteiger charge is 2.33. The molecular formula is C15H18N2O3S. The Morgan fingerprint density at radius 3 is 2.43 bits per heavy atom. The van der Waals surface area contributed by atoms with Gasteiger partial charge < -0.3 is 9.73 Å². The van der Waals surface area contributed by atoms with Crippen molar-refractivity contribution in [2.75, 3.05) is 7.05 Å². The zero-order chi connectivity index (χ0) is 15.0. The van der Waals surface area contributed by atoms with Crippen LogP contribution in [0.4, 0.5) is 0 Å². The van der Waals surface area contributed by atoms with E-state index in [2.05, 4.69) is 5.32 Å². The molecule has 1 aliphatic heterocycles. The van der Waals surface area contributed by atoms with Crippen LogP contribution < -0.4 is 5.32 Å². The molecule has 0 saturated carbocycles. The lowest BCUT2D eigenvalue weighted by molar-refractivity contribution is 0.426. The number of aryl methyl sites for hydroxylation is 1. The molecule has 0 amide bonds. The molecule has 1 aromatic carbocycles. The van der Waals surface area contributed by atoms with E-state index in [9.17, 15) is 8.42 Å². The van der Waals surface area contributed by atoms with Crippen LogP contribution in [0.2, 0.25) is 0 Å². The molecule has 0 aliphatic carbocycles. The summed E-state index contributed by atoms with van der Waals surface area (Å²) in [6.45, 7) is 3.04. The van der Waals surface area contributed by atoms with E-state index in [0.717, 1.165) is 11.1 Å². The highest BCUT2D eigenvalue weighted by Crippen LogP contribution is 2.31. The Hall–Kier alpha value is -1.63. The van der Waals surface area contributed by atoms with E-state index < -0.39 is 10.0 Å². The van der Waals surface area contributed by atoms with Crippen molar-refractivity contribution in [1.82, 2.24) is 9.62 Å². The van der Waals surface area contributed by atoms with E-state index in [1.165, 1.54) is 4.31 Å². The summed E-state index contributed by atoms with van der Waals surface area (Å²) < 4.78 is 32.6. The topological polar surface area (TPSA) is 62.6 Å². The summed E-state index contributed by atoms with van der Waals surface area (Å²) in [5.41, 5.74) is 2.13. The minimum absolute atomic E-state index is 0.264. The molecule has 6 heteroatoms. The minimum Gasteiger partial charge on any atom is -0.464 e. The van der Waals surface area contributed by atoms with Crippen molar-refractivity contribution in [2.24, 2.45) is 0 Å². The van der Waals surface area contributed by atoms with Gasteiger partial charge >= 0.3 is 0 Å². The van der Waals surface area contributed by atoms with Crippen molar-refractivity contribution in [3.8, 4) is 0 Å². The van der Waals surface area contributed by atoms with Gasteiger partial charge in [-0.25, -0.2) is 8.42 Å². The predicted molar refractivity (Wildman–Crippen MR) is 79.1 cm³/mol. The molecule has 0 unspecified atom stereocenters. The van der Waals surface area contributed by atoms with Crippen molar-refractivity contribution in [1.29, 1.82) is 0 Å². The SMILES string of the molecule is CNCc1cc(S(=O)(=O)N2Cc3ccccc3C2)c(C)o1. The second-order valence-electron chi connectivity index (χ2n) is 5.21. The minimum atomic E-state index is -3.52. The zero-order valence-corrected chi connectivity index (χ0v) is 12.9. The molecule has 2 heterocycles. The smallest absolute Gasteiger partial charge is 0.247 e. The van der Waals surface area contributed by atoms with Crippen LogP contribution in [0.15, 0.2) is 39.6 Å². The fraction of sp³-hybridized carbons (Fsp3) is 0.333. The van der Waals surface area contributed by atoms with Crippen molar-refractivity contribution in [3.05, 3.63) is 53.0 Å². The van der Waals surface area contributed by atoms with E-state index >= 15 is 0 Å². The lowest BCUT2D eigenvalue weighted by Gasteiger charge is -2.14. The molecule has 1 aliphatic rings. The molecular weight excluding hydrogens is 288 g/mol.